The van der Waals surface area contributed by atoms with Gasteiger partial charge in [0.2, 0.25) is 0 Å². The Balaban J connectivity index is 2.66. The molecule has 1 rings (SSSR count). The molecule has 0 saturated heterocycles. The molecule has 0 bridgehead atoms. The fourth-order valence-corrected chi connectivity index (χ4v) is 1.35. The van der Waals surface area contributed by atoms with E-state index in [0.717, 1.165) is 24.0 Å². The summed E-state index contributed by atoms with van der Waals surface area (Å²) in [4.78, 5) is 8.64. The van der Waals surface area contributed by atoms with Gasteiger partial charge in [0.1, 0.15) is 17.5 Å². The summed E-state index contributed by atoms with van der Waals surface area (Å²) in [5.74, 6) is 3.10. The van der Waals surface area contributed by atoms with Crippen molar-refractivity contribution >= 4 is 11.6 Å². The van der Waals surface area contributed by atoms with Gasteiger partial charge in [-0.25, -0.2) is 9.97 Å². The quantitative estimate of drug-likeness (QED) is 0.844. The molecule has 0 fully saturated rings. The average Bonchev–Trinajstić information content (AvgIpc) is 2.23. The summed E-state index contributed by atoms with van der Waals surface area (Å²) in [6, 6.07) is 1.93. The Morgan fingerprint density at radius 3 is 2.35 bits per heavy atom. The Bertz CT molecular complexity index is 368. The lowest BCUT2D eigenvalue weighted by atomic mass is 9.82. The minimum Gasteiger partial charge on any atom is -0.373 e. The molecule has 4 nitrogen and oxygen atoms in total. The molecular formula is C13H24N4. The van der Waals surface area contributed by atoms with Crippen LogP contribution in [-0.4, -0.2) is 23.6 Å². The van der Waals surface area contributed by atoms with Crippen molar-refractivity contribution in [1.29, 1.82) is 0 Å². The zero-order valence-corrected chi connectivity index (χ0v) is 11.8. The molecule has 0 aliphatic rings. The molecule has 0 amide bonds. The molecular weight excluding hydrogens is 212 g/mol. The molecule has 0 saturated carbocycles. The van der Waals surface area contributed by atoms with Crippen LogP contribution in [0.1, 0.15) is 33.5 Å². The summed E-state index contributed by atoms with van der Waals surface area (Å²) < 4.78 is 0. The van der Waals surface area contributed by atoms with E-state index in [1.807, 2.05) is 20.0 Å². The molecule has 4 heteroatoms. The van der Waals surface area contributed by atoms with Crippen LogP contribution in [0.3, 0.4) is 0 Å². The zero-order valence-electron chi connectivity index (χ0n) is 11.8. The van der Waals surface area contributed by atoms with Crippen molar-refractivity contribution in [3.63, 3.8) is 0 Å². The number of aryl methyl sites for hydroxylation is 1. The fraction of sp³-hybridized carbons (Fsp3) is 0.692. The average molecular weight is 236 g/mol. The lowest BCUT2D eigenvalue weighted by molar-refractivity contribution is 0.274. The number of anilines is 2. The van der Waals surface area contributed by atoms with Crippen LogP contribution in [0.15, 0.2) is 6.07 Å². The Kier molecular flexibility index (Phi) is 4.32. The number of hydrogen-bond donors (Lipinski definition) is 2. The molecule has 0 spiro atoms. The predicted molar refractivity (Wildman–Crippen MR) is 73.4 cm³/mol. The second-order valence-electron chi connectivity index (χ2n) is 5.58. The lowest BCUT2D eigenvalue weighted by Crippen LogP contribution is -2.25. The highest BCUT2D eigenvalue weighted by Crippen LogP contribution is 2.25. The molecule has 1 aromatic heterocycles. The van der Waals surface area contributed by atoms with E-state index in [0.29, 0.717) is 11.3 Å². The van der Waals surface area contributed by atoms with E-state index in [1.165, 1.54) is 0 Å². The van der Waals surface area contributed by atoms with Crippen molar-refractivity contribution < 1.29 is 0 Å². The van der Waals surface area contributed by atoms with E-state index in [4.69, 9.17) is 0 Å². The van der Waals surface area contributed by atoms with Gasteiger partial charge in [0.25, 0.3) is 0 Å². The largest absolute Gasteiger partial charge is 0.373 e. The molecule has 0 aliphatic heterocycles. The first kappa shape index (κ1) is 13.7. The van der Waals surface area contributed by atoms with Gasteiger partial charge in [0, 0.05) is 19.7 Å². The van der Waals surface area contributed by atoms with E-state index in [-0.39, 0.29) is 0 Å². The second-order valence-corrected chi connectivity index (χ2v) is 5.58. The zero-order chi connectivity index (χ0) is 13.1. The number of hydrogen-bond acceptors (Lipinski definition) is 4. The maximum absolute atomic E-state index is 4.37. The minimum absolute atomic E-state index is 0.306. The standard InChI is InChI=1S/C13H24N4/c1-9(13(3,4)5)8-15-12-7-11(14-6)16-10(2)17-12/h7,9H,8H2,1-6H3,(H2,14,15,16,17). The van der Waals surface area contributed by atoms with Gasteiger partial charge >= 0.3 is 0 Å². The lowest BCUT2D eigenvalue weighted by Gasteiger charge is -2.27. The van der Waals surface area contributed by atoms with Crippen LogP contribution in [0.25, 0.3) is 0 Å². The van der Waals surface area contributed by atoms with Gasteiger partial charge in [0.15, 0.2) is 0 Å². The highest BCUT2D eigenvalue weighted by atomic mass is 15.1. The first-order valence-corrected chi connectivity index (χ1v) is 6.10. The van der Waals surface area contributed by atoms with Gasteiger partial charge in [-0.1, -0.05) is 27.7 Å². The molecule has 1 heterocycles. The third-order valence-corrected chi connectivity index (χ3v) is 3.16. The Hall–Kier alpha value is -1.32. The molecule has 0 aromatic carbocycles. The highest BCUT2D eigenvalue weighted by Gasteiger charge is 2.19. The van der Waals surface area contributed by atoms with Crippen molar-refractivity contribution in [3.05, 3.63) is 11.9 Å². The van der Waals surface area contributed by atoms with Gasteiger partial charge in [-0.15, -0.1) is 0 Å². The summed E-state index contributed by atoms with van der Waals surface area (Å²) >= 11 is 0. The van der Waals surface area contributed by atoms with E-state index in [1.54, 1.807) is 0 Å². The van der Waals surface area contributed by atoms with Crippen LogP contribution in [0.2, 0.25) is 0 Å². The Morgan fingerprint density at radius 1 is 1.24 bits per heavy atom. The first-order chi connectivity index (χ1) is 7.82. The summed E-state index contributed by atoms with van der Waals surface area (Å²) in [7, 11) is 1.86. The first-order valence-electron chi connectivity index (χ1n) is 6.10. The van der Waals surface area contributed by atoms with Gasteiger partial charge in [-0.2, -0.15) is 0 Å². The van der Waals surface area contributed by atoms with Crippen molar-refractivity contribution in [2.75, 3.05) is 24.2 Å². The summed E-state index contributed by atoms with van der Waals surface area (Å²) in [6.07, 6.45) is 0. The maximum atomic E-state index is 4.37. The third-order valence-electron chi connectivity index (χ3n) is 3.16. The van der Waals surface area contributed by atoms with Crippen molar-refractivity contribution in [1.82, 2.24) is 9.97 Å². The molecule has 0 aliphatic carbocycles. The van der Waals surface area contributed by atoms with Crippen molar-refractivity contribution in [2.45, 2.75) is 34.6 Å². The topological polar surface area (TPSA) is 49.8 Å². The van der Waals surface area contributed by atoms with Crippen LogP contribution in [0.5, 0.6) is 0 Å². The SMILES string of the molecule is CNc1cc(NCC(C)C(C)(C)C)nc(C)n1. The van der Waals surface area contributed by atoms with Crippen LogP contribution in [0.4, 0.5) is 11.6 Å². The number of aromatic nitrogens is 2. The van der Waals surface area contributed by atoms with Crippen LogP contribution in [0, 0.1) is 18.3 Å². The van der Waals surface area contributed by atoms with Crippen LogP contribution >= 0.6 is 0 Å². The van der Waals surface area contributed by atoms with Crippen molar-refractivity contribution in [2.24, 2.45) is 11.3 Å². The van der Waals surface area contributed by atoms with Crippen LogP contribution in [-0.2, 0) is 0 Å². The minimum atomic E-state index is 0.306. The molecule has 1 aromatic rings. The van der Waals surface area contributed by atoms with E-state index < -0.39 is 0 Å². The molecule has 1 atom stereocenters. The number of nitrogens with zero attached hydrogens (tertiary/aromatic N) is 2. The van der Waals surface area contributed by atoms with Crippen molar-refractivity contribution in [3.8, 4) is 0 Å². The van der Waals surface area contributed by atoms with Gasteiger partial charge in [-0.05, 0) is 18.3 Å². The van der Waals surface area contributed by atoms with Gasteiger partial charge < -0.3 is 10.6 Å². The summed E-state index contributed by atoms with van der Waals surface area (Å²) in [5, 5.41) is 6.41. The van der Waals surface area contributed by atoms with Gasteiger partial charge in [-0.3, -0.25) is 0 Å². The van der Waals surface area contributed by atoms with E-state index in [9.17, 15) is 0 Å². The fourth-order valence-electron chi connectivity index (χ4n) is 1.35. The smallest absolute Gasteiger partial charge is 0.131 e. The number of rotatable bonds is 4. The van der Waals surface area contributed by atoms with Gasteiger partial charge in [0.05, 0.1) is 0 Å². The second kappa shape index (κ2) is 5.34. The Labute approximate surface area is 104 Å². The monoisotopic (exact) mass is 236 g/mol. The summed E-state index contributed by atoms with van der Waals surface area (Å²) in [6.45, 7) is 11.8. The highest BCUT2D eigenvalue weighted by molar-refractivity contribution is 5.47. The molecule has 17 heavy (non-hydrogen) atoms. The normalized spacial score (nSPS) is 13.3. The molecule has 96 valence electrons. The molecule has 2 N–H and O–H groups in total. The van der Waals surface area contributed by atoms with Crippen LogP contribution < -0.4 is 10.6 Å². The maximum Gasteiger partial charge on any atom is 0.131 e. The Morgan fingerprint density at radius 2 is 1.82 bits per heavy atom. The predicted octanol–water partition coefficient (Wildman–Crippen LogP) is 2.92. The van der Waals surface area contributed by atoms with E-state index in [2.05, 4.69) is 48.3 Å². The number of nitrogens with one attached hydrogen (secondary N) is 2. The van der Waals surface area contributed by atoms with E-state index >= 15 is 0 Å². The molecule has 1 unspecified atom stereocenters. The molecule has 0 radical (unpaired) electrons. The third kappa shape index (κ3) is 4.21. The summed E-state index contributed by atoms with van der Waals surface area (Å²) in [5.41, 5.74) is 0.306.